The first-order chi connectivity index (χ1) is 10.9. The Morgan fingerprint density at radius 1 is 1.35 bits per heavy atom. The number of ether oxygens (including phenoxy) is 1. The van der Waals surface area contributed by atoms with Gasteiger partial charge in [0.05, 0.1) is 21.4 Å². The van der Waals surface area contributed by atoms with Gasteiger partial charge in [-0.15, -0.1) is 5.10 Å². The maximum atomic E-state index is 11.9. The zero-order valence-electron chi connectivity index (χ0n) is 12.2. The van der Waals surface area contributed by atoms with Gasteiger partial charge in [0.2, 0.25) is 0 Å². The highest BCUT2D eigenvalue weighted by molar-refractivity contribution is 7.07. The van der Waals surface area contributed by atoms with Crippen LogP contribution in [0.3, 0.4) is 0 Å². The maximum absolute atomic E-state index is 11.9. The number of amides is 1. The summed E-state index contributed by atoms with van der Waals surface area (Å²) in [6, 6.07) is 1.48. The number of aryl methyl sites for hydroxylation is 2. The lowest BCUT2D eigenvalue weighted by Gasteiger charge is -2.08. The second-order valence-electron chi connectivity index (χ2n) is 4.41. The van der Waals surface area contributed by atoms with Gasteiger partial charge in [0.25, 0.3) is 5.91 Å². The van der Waals surface area contributed by atoms with Crippen molar-refractivity contribution in [2.45, 2.75) is 20.3 Å². The van der Waals surface area contributed by atoms with Crippen LogP contribution in [0.25, 0.3) is 0 Å². The molecule has 2 heterocycles. The topological polar surface area (TPSA) is 94.1 Å². The fourth-order valence-corrected chi connectivity index (χ4v) is 2.66. The minimum atomic E-state index is -0.640. The van der Waals surface area contributed by atoms with Gasteiger partial charge >= 0.3 is 5.97 Å². The van der Waals surface area contributed by atoms with Gasteiger partial charge in [0.15, 0.2) is 17.3 Å². The van der Waals surface area contributed by atoms with Gasteiger partial charge in [-0.2, -0.15) is 0 Å². The molecule has 0 aliphatic heterocycles. The highest BCUT2D eigenvalue weighted by Crippen LogP contribution is 2.25. The van der Waals surface area contributed by atoms with E-state index in [0.29, 0.717) is 27.7 Å². The molecule has 122 valence electrons. The van der Waals surface area contributed by atoms with E-state index >= 15 is 0 Å². The SMILES string of the molecule is CCc1nnsc1C(=O)OCC(=O)Nc1nc(C)c(Cl)cc1Cl. The molecule has 0 saturated carbocycles. The van der Waals surface area contributed by atoms with Crippen LogP contribution in [0.15, 0.2) is 6.07 Å². The van der Waals surface area contributed by atoms with Crippen molar-refractivity contribution in [1.82, 2.24) is 14.6 Å². The van der Waals surface area contributed by atoms with Crippen molar-refractivity contribution in [2.24, 2.45) is 0 Å². The van der Waals surface area contributed by atoms with E-state index < -0.39 is 18.5 Å². The molecule has 1 amide bonds. The van der Waals surface area contributed by atoms with E-state index in [9.17, 15) is 9.59 Å². The average Bonchev–Trinajstić information content (AvgIpc) is 2.99. The largest absolute Gasteiger partial charge is 0.451 e. The summed E-state index contributed by atoms with van der Waals surface area (Å²) in [6.07, 6.45) is 0.552. The number of nitrogens with one attached hydrogen (secondary N) is 1. The molecule has 1 N–H and O–H groups in total. The molecule has 0 unspecified atom stereocenters. The molecule has 0 aliphatic rings. The summed E-state index contributed by atoms with van der Waals surface area (Å²) in [4.78, 5) is 28.1. The fraction of sp³-hybridized carbons (Fsp3) is 0.308. The van der Waals surface area contributed by atoms with Crippen molar-refractivity contribution in [3.8, 4) is 0 Å². The van der Waals surface area contributed by atoms with Crippen molar-refractivity contribution < 1.29 is 14.3 Å². The zero-order chi connectivity index (χ0) is 17.0. The van der Waals surface area contributed by atoms with Crippen LogP contribution in [0.2, 0.25) is 10.0 Å². The number of halogens is 2. The lowest BCUT2D eigenvalue weighted by Crippen LogP contribution is -2.22. The van der Waals surface area contributed by atoms with E-state index in [4.69, 9.17) is 27.9 Å². The third-order valence-corrected chi connectivity index (χ3v) is 4.19. The maximum Gasteiger partial charge on any atom is 0.352 e. The lowest BCUT2D eigenvalue weighted by molar-refractivity contribution is -0.119. The number of aromatic nitrogens is 3. The Hall–Kier alpha value is -1.77. The lowest BCUT2D eigenvalue weighted by atomic mass is 10.3. The summed E-state index contributed by atoms with van der Waals surface area (Å²) >= 11 is 12.7. The van der Waals surface area contributed by atoms with Crippen LogP contribution in [0.1, 0.15) is 28.0 Å². The third kappa shape index (κ3) is 4.37. The summed E-state index contributed by atoms with van der Waals surface area (Å²) in [5, 5.41) is 6.86. The van der Waals surface area contributed by atoms with Crippen molar-refractivity contribution in [3.05, 3.63) is 32.4 Å². The minimum Gasteiger partial charge on any atom is -0.451 e. The van der Waals surface area contributed by atoms with Crippen molar-refractivity contribution >= 4 is 52.4 Å². The Morgan fingerprint density at radius 2 is 2.09 bits per heavy atom. The number of carbonyl (C=O) groups is 2. The summed E-state index contributed by atoms with van der Waals surface area (Å²) < 4.78 is 8.63. The molecule has 0 spiro atoms. The van der Waals surface area contributed by atoms with Crippen LogP contribution in [0, 0.1) is 6.92 Å². The van der Waals surface area contributed by atoms with Gasteiger partial charge in [0.1, 0.15) is 0 Å². The first kappa shape index (κ1) is 17.6. The monoisotopic (exact) mass is 374 g/mol. The number of hydrogen-bond donors (Lipinski definition) is 1. The Labute approximate surface area is 146 Å². The normalized spacial score (nSPS) is 10.4. The Kier molecular flexibility index (Phi) is 5.86. The van der Waals surface area contributed by atoms with Gasteiger partial charge in [-0.1, -0.05) is 34.6 Å². The Balaban J connectivity index is 1.95. The number of esters is 1. The number of nitrogens with zero attached hydrogens (tertiary/aromatic N) is 3. The third-order valence-electron chi connectivity index (χ3n) is 2.77. The van der Waals surface area contributed by atoms with Crippen molar-refractivity contribution in [1.29, 1.82) is 0 Å². The molecule has 10 heteroatoms. The Morgan fingerprint density at radius 3 is 2.78 bits per heavy atom. The van der Waals surface area contributed by atoms with Gasteiger partial charge in [0, 0.05) is 0 Å². The summed E-state index contributed by atoms with van der Waals surface area (Å²) in [7, 11) is 0. The molecule has 2 aromatic heterocycles. The van der Waals surface area contributed by atoms with Gasteiger partial charge in [-0.05, 0) is 30.9 Å². The second-order valence-corrected chi connectivity index (χ2v) is 5.98. The highest BCUT2D eigenvalue weighted by Gasteiger charge is 2.18. The summed E-state index contributed by atoms with van der Waals surface area (Å²) in [5.74, 6) is -1.05. The van der Waals surface area contributed by atoms with Gasteiger partial charge in [-0.25, -0.2) is 9.78 Å². The quantitative estimate of drug-likeness (QED) is 0.808. The molecular formula is C13H12Cl2N4O3S. The highest BCUT2D eigenvalue weighted by atomic mass is 35.5. The molecule has 0 aromatic carbocycles. The van der Waals surface area contributed by atoms with Gasteiger partial charge < -0.3 is 10.1 Å². The smallest absolute Gasteiger partial charge is 0.352 e. The molecule has 0 aliphatic carbocycles. The van der Waals surface area contributed by atoms with Crippen LogP contribution in [-0.4, -0.2) is 33.1 Å². The molecule has 2 rings (SSSR count). The molecule has 0 bridgehead atoms. The summed E-state index contributed by atoms with van der Waals surface area (Å²) in [6.45, 7) is 3.05. The average molecular weight is 375 g/mol. The van der Waals surface area contributed by atoms with Crippen molar-refractivity contribution in [2.75, 3.05) is 11.9 Å². The predicted octanol–water partition coefficient (Wildman–Crippen LogP) is 2.91. The van der Waals surface area contributed by atoms with E-state index in [2.05, 4.69) is 19.9 Å². The van der Waals surface area contributed by atoms with E-state index in [1.165, 1.54) is 6.07 Å². The number of rotatable bonds is 5. The molecule has 0 fully saturated rings. The molecule has 0 radical (unpaired) electrons. The number of carbonyl (C=O) groups excluding carboxylic acids is 2. The van der Waals surface area contributed by atoms with Crippen LogP contribution in [0.4, 0.5) is 5.82 Å². The predicted molar refractivity (Wildman–Crippen MR) is 87.2 cm³/mol. The number of hydrogen-bond acceptors (Lipinski definition) is 7. The standard InChI is InChI=1S/C13H12Cl2N4O3S/c1-3-9-11(23-19-18-9)13(21)22-5-10(20)17-12-8(15)4-7(14)6(2)16-12/h4H,3,5H2,1-2H3,(H,16,17,20). The molecule has 2 aromatic rings. The minimum absolute atomic E-state index is 0.156. The second kappa shape index (κ2) is 7.67. The Bertz CT molecular complexity index is 751. The van der Waals surface area contributed by atoms with E-state index in [-0.39, 0.29) is 10.8 Å². The van der Waals surface area contributed by atoms with Crippen LogP contribution < -0.4 is 5.32 Å². The van der Waals surface area contributed by atoms with Crippen LogP contribution in [0.5, 0.6) is 0 Å². The van der Waals surface area contributed by atoms with Crippen LogP contribution in [-0.2, 0) is 16.0 Å². The van der Waals surface area contributed by atoms with Crippen molar-refractivity contribution in [3.63, 3.8) is 0 Å². The fourth-order valence-electron chi connectivity index (χ4n) is 1.61. The molecule has 23 heavy (non-hydrogen) atoms. The first-order valence-corrected chi connectivity index (χ1v) is 8.06. The first-order valence-electron chi connectivity index (χ1n) is 6.53. The van der Waals surface area contributed by atoms with E-state index in [1.54, 1.807) is 6.92 Å². The summed E-state index contributed by atoms with van der Waals surface area (Å²) in [5.41, 5.74) is 1.06. The number of anilines is 1. The van der Waals surface area contributed by atoms with Crippen LogP contribution >= 0.6 is 34.7 Å². The van der Waals surface area contributed by atoms with E-state index in [0.717, 1.165) is 11.5 Å². The van der Waals surface area contributed by atoms with E-state index in [1.807, 2.05) is 6.92 Å². The molecule has 0 atom stereocenters. The molecular weight excluding hydrogens is 363 g/mol. The number of pyridine rings is 1. The zero-order valence-corrected chi connectivity index (χ0v) is 14.6. The molecule has 7 nitrogen and oxygen atoms in total. The molecule has 0 saturated heterocycles. The van der Waals surface area contributed by atoms with Gasteiger partial charge in [-0.3, -0.25) is 4.79 Å².